The first-order chi connectivity index (χ1) is 14.9. The average Bonchev–Trinajstić information content (AvgIpc) is 3.41. The summed E-state index contributed by atoms with van der Waals surface area (Å²) in [4.78, 5) is 11.2. The first kappa shape index (κ1) is 29.6. The molecule has 1 saturated heterocycles. The summed E-state index contributed by atoms with van der Waals surface area (Å²) in [5.41, 5.74) is 0. The number of ether oxygens (including phenoxy) is 2. The largest absolute Gasteiger partial charge is 0.469 e. The smallest absolute Gasteiger partial charge is 0.305 e. The number of carbonyl (C=O) groups excluding carboxylic acids is 1. The lowest BCUT2D eigenvalue weighted by Crippen LogP contribution is -2.45. The molecule has 0 bridgehead atoms. The maximum Gasteiger partial charge on any atom is 0.305 e. The van der Waals surface area contributed by atoms with Crippen LogP contribution in [0.5, 0.6) is 0 Å². The molecule has 1 heterocycles. The number of carbonyl (C=O) groups is 1. The molecule has 1 fully saturated rings. The molecular formula is C25H50O5Si2. The zero-order valence-electron chi connectivity index (χ0n) is 22.1. The fraction of sp³-hybridized carbons (Fsp3) is 0.880. The van der Waals surface area contributed by atoms with Gasteiger partial charge in [-0.25, -0.2) is 0 Å². The van der Waals surface area contributed by atoms with Gasteiger partial charge in [-0.3, -0.25) is 4.79 Å². The molecule has 5 nitrogen and oxygen atoms in total. The lowest BCUT2D eigenvalue weighted by atomic mass is 10.0. The van der Waals surface area contributed by atoms with Crippen LogP contribution < -0.4 is 0 Å². The van der Waals surface area contributed by atoms with Gasteiger partial charge >= 0.3 is 5.97 Å². The molecule has 0 aromatic rings. The van der Waals surface area contributed by atoms with Crippen molar-refractivity contribution in [1.82, 2.24) is 0 Å². The molecule has 0 aromatic carbocycles. The highest BCUT2D eigenvalue weighted by Crippen LogP contribution is 2.34. The van der Waals surface area contributed by atoms with Crippen molar-refractivity contribution in [3.05, 3.63) is 12.2 Å². The van der Waals surface area contributed by atoms with Crippen molar-refractivity contribution in [2.45, 2.75) is 135 Å². The highest BCUT2D eigenvalue weighted by Gasteiger charge is 2.43. The standard InChI is InChI=1S/C25H50O5Si2/c1-9-10-14-18-22(29-31(3,4)5)24(30-32(6,7)8)20-23-21(28-23)17-15-12-11-13-16-19-25(26)27-2/h10,14,21-24H,9,11-13,15-20H2,1-8H3/b14-10+. The quantitative estimate of drug-likeness (QED) is 0.0697. The molecular weight excluding hydrogens is 436 g/mol. The molecule has 0 spiro atoms. The Labute approximate surface area is 199 Å². The number of hydrogen-bond donors (Lipinski definition) is 0. The topological polar surface area (TPSA) is 57.3 Å². The SMILES string of the molecule is CC/C=C/CC(O[Si](C)(C)C)C(CC1OC1CCCCCCCC(=O)OC)O[Si](C)(C)C. The maximum atomic E-state index is 11.2. The summed E-state index contributed by atoms with van der Waals surface area (Å²) < 4.78 is 24.0. The van der Waals surface area contributed by atoms with E-state index in [-0.39, 0.29) is 18.2 Å². The Bertz CT molecular complexity index is 554. The van der Waals surface area contributed by atoms with Gasteiger partial charge in [-0.2, -0.15) is 0 Å². The predicted octanol–water partition coefficient (Wildman–Crippen LogP) is 6.84. The molecule has 4 unspecified atom stereocenters. The second-order valence-corrected chi connectivity index (χ2v) is 19.9. The molecule has 0 radical (unpaired) electrons. The van der Waals surface area contributed by atoms with Crippen molar-refractivity contribution in [3.63, 3.8) is 0 Å². The van der Waals surface area contributed by atoms with Crippen LogP contribution in [0.2, 0.25) is 39.3 Å². The molecule has 0 amide bonds. The highest BCUT2D eigenvalue weighted by molar-refractivity contribution is 6.70. The molecule has 0 saturated carbocycles. The zero-order valence-corrected chi connectivity index (χ0v) is 24.1. The summed E-state index contributed by atoms with van der Waals surface area (Å²) in [6.45, 7) is 15.7. The first-order valence-electron chi connectivity index (χ1n) is 12.7. The third kappa shape index (κ3) is 14.6. The van der Waals surface area contributed by atoms with Crippen molar-refractivity contribution in [1.29, 1.82) is 0 Å². The van der Waals surface area contributed by atoms with E-state index in [1.54, 1.807) is 0 Å². The summed E-state index contributed by atoms with van der Waals surface area (Å²) in [6.07, 6.45) is 15.5. The molecule has 32 heavy (non-hydrogen) atoms. The Morgan fingerprint density at radius 3 is 2.06 bits per heavy atom. The van der Waals surface area contributed by atoms with Crippen LogP contribution >= 0.6 is 0 Å². The fourth-order valence-corrected chi connectivity index (χ4v) is 6.29. The van der Waals surface area contributed by atoms with Gasteiger partial charge in [-0.1, -0.05) is 44.8 Å². The molecule has 7 heteroatoms. The number of hydrogen-bond acceptors (Lipinski definition) is 5. The molecule has 4 atom stereocenters. The predicted molar refractivity (Wildman–Crippen MR) is 138 cm³/mol. The average molecular weight is 487 g/mol. The molecule has 0 N–H and O–H groups in total. The number of esters is 1. The van der Waals surface area contributed by atoms with Crippen LogP contribution in [0.4, 0.5) is 0 Å². The van der Waals surface area contributed by atoms with Crippen molar-refractivity contribution < 1.29 is 23.1 Å². The van der Waals surface area contributed by atoms with E-state index < -0.39 is 16.6 Å². The van der Waals surface area contributed by atoms with Crippen LogP contribution in [0.1, 0.15) is 71.1 Å². The third-order valence-corrected chi connectivity index (χ3v) is 7.46. The molecule has 188 valence electrons. The minimum absolute atomic E-state index is 0.100. The number of allylic oxidation sites excluding steroid dienone is 1. The van der Waals surface area contributed by atoms with Gasteiger partial charge in [-0.15, -0.1) is 0 Å². The lowest BCUT2D eigenvalue weighted by Gasteiger charge is -2.35. The van der Waals surface area contributed by atoms with E-state index in [1.807, 2.05) is 0 Å². The number of unbranched alkanes of at least 4 members (excludes halogenated alkanes) is 4. The Morgan fingerprint density at radius 1 is 0.875 bits per heavy atom. The van der Waals surface area contributed by atoms with Crippen molar-refractivity contribution >= 4 is 22.6 Å². The molecule has 1 aliphatic heterocycles. The van der Waals surface area contributed by atoms with Gasteiger partial charge in [0.15, 0.2) is 16.6 Å². The molecule has 1 aliphatic rings. The van der Waals surface area contributed by atoms with Crippen LogP contribution in [0.15, 0.2) is 12.2 Å². The minimum Gasteiger partial charge on any atom is -0.469 e. The van der Waals surface area contributed by atoms with Gasteiger partial charge in [0.05, 0.1) is 31.5 Å². The second-order valence-electron chi connectivity index (χ2n) is 11.0. The summed E-state index contributed by atoms with van der Waals surface area (Å²) in [7, 11) is -1.93. The third-order valence-electron chi connectivity index (χ3n) is 5.44. The van der Waals surface area contributed by atoms with Crippen LogP contribution in [-0.4, -0.2) is 54.1 Å². The van der Waals surface area contributed by atoms with Gasteiger partial charge in [0.1, 0.15) is 0 Å². The van der Waals surface area contributed by atoms with Crippen molar-refractivity contribution in [3.8, 4) is 0 Å². The maximum absolute atomic E-state index is 11.2. The lowest BCUT2D eigenvalue weighted by molar-refractivity contribution is -0.140. The summed E-state index contributed by atoms with van der Waals surface area (Å²) in [6, 6.07) is 0. The second kappa shape index (κ2) is 14.7. The summed E-state index contributed by atoms with van der Waals surface area (Å²) >= 11 is 0. The van der Waals surface area contributed by atoms with E-state index >= 15 is 0 Å². The van der Waals surface area contributed by atoms with E-state index in [9.17, 15) is 4.79 Å². The van der Waals surface area contributed by atoms with E-state index in [0.29, 0.717) is 18.6 Å². The van der Waals surface area contributed by atoms with Gasteiger partial charge in [0, 0.05) is 12.8 Å². The first-order valence-corrected chi connectivity index (χ1v) is 19.5. The molecule has 1 rings (SSSR count). The Hall–Kier alpha value is -0.476. The Balaban J connectivity index is 2.49. The van der Waals surface area contributed by atoms with Crippen molar-refractivity contribution in [2.75, 3.05) is 7.11 Å². The van der Waals surface area contributed by atoms with Crippen LogP contribution in [0.3, 0.4) is 0 Å². The molecule has 0 aliphatic carbocycles. The molecule has 0 aromatic heterocycles. The Morgan fingerprint density at radius 2 is 1.47 bits per heavy atom. The number of rotatable bonds is 18. The van der Waals surface area contributed by atoms with Gasteiger partial charge in [-0.05, 0) is 65.0 Å². The van der Waals surface area contributed by atoms with E-state index in [2.05, 4.69) is 63.1 Å². The summed E-state index contributed by atoms with van der Waals surface area (Å²) in [5, 5.41) is 0. The van der Waals surface area contributed by atoms with Crippen LogP contribution in [0, 0.1) is 0 Å². The van der Waals surface area contributed by atoms with Crippen LogP contribution in [0.25, 0.3) is 0 Å². The zero-order chi connectivity index (χ0) is 24.2. The highest BCUT2D eigenvalue weighted by atomic mass is 28.4. The number of methoxy groups -OCH3 is 1. The minimum atomic E-state index is -1.70. The monoisotopic (exact) mass is 486 g/mol. The van der Waals surface area contributed by atoms with Crippen LogP contribution in [-0.2, 0) is 23.1 Å². The summed E-state index contributed by atoms with van der Waals surface area (Å²) in [5.74, 6) is -0.101. The van der Waals surface area contributed by atoms with Gasteiger partial charge in [0.2, 0.25) is 0 Å². The van der Waals surface area contributed by atoms with E-state index in [1.165, 1.54) is 26.4 Å². The van der Waals surface area contributed by atoms with Gasteiger partial charge < -0.3 is 18.3 Å². The normalized spacial score (nSPS) is 21.0. The van der Waals surface area contributed by atoms with E-state index in [4.69, 9.17) is 13.6 Å². The van der Waals surface area contributed by atoms with Gasteiger partial charge in [0.25, 0.3) is 0 Å². The number of epoxide rings is 1. The van der Waals surface area contributed by atoms with E-state index in [0.717, 1.165) is 38.5 Å². The Kier molecular flexibility index (Phi) is 13.6. The fourth-order valence-electron chi connectivity index (χ4n) is 3.97. The van der Waals surface area contributed by atoms with Crippen molar-refractivity contribution in [2.24, 2.45) is 0 Å².